The first-order valence-electron chi connectivity index (χ1n) is 7.52. The van der Waals surface area contributed by atoms with Crippen molar-refractivity contribution in [3.8, 4) is 0 Å². The maximum absolute atomic E-state index is 13.0. The van der Waals surface area contributed by atoms with Gasteiger partial charge >= 0.3 is 5.76 Å². The van der Waals surface area contributed by atoms with E-state index < -0.39 is 11.7 Å². The summed E-state index contributed by atoms with van der Waals surface area (Å²) in [6.45, 7) is 1.56. The van der Waals surface area contributed by atoms with E-state index in [0.29, 0.717) is 5.82 Å². The van der Waals surface area contributed by atoms with Crippen LogP contribution >= 0.6 is 0 Å². The summed E-state index contributed by atoms with van der Waals surface area (Å²) in [7, 11) is 1.70. The number of benzene rings is 1. The zero-order valence-electron chi connectivity index (χ0n) is 13.7. The molecule has 0 saturated heterocycles. The Morgan fingerprint density at radius 2 is 2.04 bits per heavy atom. The molecule has 1 aromatic carbocycles. The van der Waals surface area contributed by atoms with Crippen molar-refractivity contribution in [2.75, 3.05) is 5.32 Å². The number of nitrogens with one attached hydrogen (secondary N) is 1. The maximum Gasteiger partial charge on any atom is 0.442 e. The smallest absolute Gasteiger partial charge is 0.309 e. The SMILES string of the molecule is Cc1cc(NC(=O)Cn2c(Cc3ccc(F)cc3)noc2=O)n(C)n1. The predicted octanol–water partition coefficient (Wildman–Crippen LogP) is 1.25. The average Bonchev–Trinajstić information content (AvgIpc) is 3.05. The van der Waals surface area contributed by atoms with E-state index in [4.69, 9.17) is 0 Å². The van der Waals surface area contributed by atoms with Gasteiger partial charge in [-0.1, -0.05) is 17.3 Å². The third-order valence-electron chi connectivity index (χ3n) is 3.61. The number of hydrogen-bond donors (Lipinski definition) is 1. The molecule has 0 aliphatic rings. The van der Waals surface area contributed by atoms with Crippen molar-refractivity contribution < 1.29 is 13.7 Å². The average molecular weight is 345 g/mol. The summed E-state index contributed by atoms with van der Waals surface area (Å²) in [6.07, 6.45) is 0.240. The summed E-state index contributed by atoms with van der Waals surface area (Å²) in [5.41, 5.74) is 1.50. The standard InChI is InChI=1S/C16H16FN5O3/c1-10-7-13(21(2)19-10)18-15(23)9-22-14(20-25-16(22)24)8-11-3-5-12(17)6-4-11/h3-7H,8-9H2,1-2H3,(H,18,23). The van der Waals surface area contributed by atoms with E-state index in [9.17, 15) is 14.0 Å². The second-order valence-corrected chi connectivity index (χ2v) is 5.60. The van der Waals surface area contributed by atoms with Crippen LogP contribution in [0.1, 0.15) is 17.1 Å². The molecule has 130 valence electrons. The Bertz CT molecular complexity index is 955. The molecular weight excluding hydrogens is 329 g/mol. The molecule has 2 heterocycles. The molecular formula is C16H16FN5O3. The quantitative estimate of drug-likeness (QED) is 0.751. The normalized spacial score (nSPS) is 10.8. The molecule has 0 unspecified atom stereocenters. The number of rotatable bonds is 5. The molecule has 1 amide bonds. The van der Waals surface area contributed by atoms with Crippen molar-refractivity contribution in [3.05, 3.63) is 63.8 Å². The van der Waals surface area contributed by atoms with Crippen LogP contribution in [0, 0.1) is 12.7 Å². The first kappa shape index (κ1) is 16.6. The number of carbonyl (C=O) groups is 1. The largest absolute Gasteiger partial charge is 0.442 e. The van der Waals surface area contributed by atoms with Gasteiger partial charge in [-0.3, -0.25) is 18.6 Å². The van der Waals surface area contributed by atoms with Crippen LogP contribution in [0.15, 0.2) is 39.6 Å². The molecule has 3 aromatic rings. The van der Waals surface area contributed by atoms with E-state index in [1.165, 1.54) is 16.8 Å². The van der Waals surface area contributed by atoms with E-state index in [1.54, 1.807) is 32.2 Å². The molecule has 0 aliphatic carbocycles. The maximum atomic E-state index is 13.0. The third-order valence-corrected chi connectivity index (χ3v) is 3.61. The Kier molecular flexibility index (Phi) is 4.46. The zero-order chi connectivity index (χ0) is 18.0. The molecule has 0 aliphatic heterocycles. The van der Waals surface area contributed by atoms with Crippen LogP contribution in [0.2, 0.25) is 0 Å². The molecule has 9 heteroatoms. The molecule has 0 radical (unpaired) electrons. The third kappa shape index (κ3) is 3.82. The topological polar surface area (TPSA) is 95.0 Å². The summed E-state index contributed by atoms with van der Waals surface area (Å²) >= 11 is 0. The number of amides is 1. The van der Waals surface area contributed by atoms with Crippen LogP contribution in [0.3, 0.4) is 0 Å². The molecule has 1 N–H and O–H groups in total. The van der Waals surface area contributed by atoms with Gasteiger partial charge in [-0.25, -0.2) is 9.18 Å². The lowest BCUT2D eigenvalue weighted by Crippen LogP contribution is -2.27. The number of hydrogen-bond acceptors (Lipinski definition) is 5. The lowest BCUT2D eigenvalue weighted by atomic mass is 10.1. The number of halogens is 1. The fourth-order valence-corrected chi connectivity index (χ4v) is 2.42. The Hall–Kier alpha value is -3.23. The second-order valence-electron chi connectivity index (χ2n) is 5.60. The van der Waals surface area contributed by atoms with Crippen LogP contribution in [0.25, 0.3) is 0 Å². The van der Waals surface area contributed by atoms with Crippen molar-refractivity contribution in [3.63, 3.8) is 0 Å². The van der Waals surface area contributed by atoms with Gasteiger partial charge in [-0.2, -0.15) is 5.10 Å². The van der Waals surface area contributed by atoms with Crippen LogP contribution in [0.4, 0.5) is 10.2 Å². The van der Waals surface area contributed by atoms with Crippen molar-refractivity contribution in [1.82, 2.24) is 19.5 Å². The highest BCUT2D eigenvalue weighted by atomic mass is 19.1. The van der Waals surface area contributed by atoms with Crippen molar-refractivity contribution in [2.24, 2.45) is 7.05 Å². The Balaban J connectivity index is 1.75. The number of anilines is 1. The van der Waals surface area contributed by atoms with Crippen molar-refractivity contribution in [1.29, 1.82) is 0 Å². The number of aryl methyl sites for hydroxylation is 2. The van der Waals surface area contributed by atoms with Gasteiger partial charge in [0.2, 0.25) is 5.91 Å². The summed E-state index contributed by atoms with van der Waals surface area (Å²) in [6, 6.07) is 7.51. The number of carbonyl (C=O) groups excluding carboxylic acids is 1. The van der Waals surface area contributed by atoms with Crippen LogP contribution in [-0.2, 0) is 24.8 Å². The lowest BCUT2D eigenvalue weighted by Gasteiger charge is -2.07. The van der Waals surface area contributed by atoms with Gasteiger partial charge in [0.05, 0.1) is 5.69 Å². The Labute approximate surface area is 141 Å². The summed E-state index contributed by atoms with van der Waals surface area (Å²) < 4.78 is 20.3. The first-order valence-corrected chi connectivity index (χ1v) is 7.52. The number of aromatic nitrogens is 4. The van der Waals surface area contributed by atoms with Gasteiger partial charge in [-0.15, -0.1) is 0 Å². The number of nitrogens with zero attached hydrogens (tertiary/aromatic N) is 4. The molecule has 0 saturated carbocycles. The van der Waals surface area contributed by atoms with E-state index in [1.807, 2.05) is 0 Å². The summed E-state index contributed by atoms with van der Waals surface area (Å²) in [5.74, 6) is -0.686. The molecule has 0 spiro atoms. The van der Waals surface area contributed by atoms with E-state index in [-0.39, 0.29) is 24.6 Å². The van der Waals surface area contributed by atoms with Crippen molar-refractivity contribution >= 4 is 11.7 Å². The zero-order valence-corrected chi connectivity index (χ0v) is 13.7. The van der Waals surface area contributed by atoms with Gasteiger partial charge in [0.1, 0.15) is 18.2 Å². The highest BCUT2D eigenvalue weighted by Crippen LogP contribution is 2.10. The van der Waals surface area contributed by atoms with E-state index in [0.717, 1.165) is 15.8 Å². The molecule has 0 atom stereocenters. The molecule has 0 bridgehead atoms. The second kappa shape index (κ2) is 6.71. The van der Waals surface area contributed by atoms with Gasteiger partial charge in [0, 0.05) is 19.5 Å². The summed E-state index contributed by atoms with van der Waals surface area (Å²) in [5, 5.41) is 10.5. The highest BCUT2D eigenvalue weighted by molar-refractivity contribution is 5.89. The minimum Gasteiger partial charge on any atom is -0.309 e. The molecule has 2 aromatic heterocycles. The van der Waals surface area contributed by atoms with Gasteiger partial charge in [0.25, 0.3) is 0 Å². The Morgan fingerprint density at radius 3 is 2.68 bits per heavy atom. The van der Waals surface area contributed by atoms with Crippen molar-refractivity contribution in [2.45, 2.75) is 19.9 Å². The van der Waals surface area contributed by atoms with Crippen LogP contribution in [-0.4, -0.2) is 25.4 Å². The minimum absolute atomic E-state index is 0.240. The minimum atomic E-state index is -0.728. The Morgan fingerprint density at radius 1 is 1.32 bits per heavy atom. The van der Waals surface area contributed by atoms with Gasteiger partial charge < -0.3 is 5.32 Å². The fourth-order valence-electron chi connectivity index (χ4n) is 2.42. The van der Waals surface area contributed by atoms with E-state index in [2.05, 4.69) is 20.1 Å². The van der Waals surface area contributed by atoms with Crippen LogP contribution in [0.5, 0.6) is 0 Å². The molecule has 0 fully saturated rings. The highest BCUT2D eigenvalue weighted by Gasteiger charge is 2.16. The van der Waals surface area contributed by atoms with Gasteiger partial charge in [0.15, 0.2) is 5.82 Å². The molecule has 3 rings (SSSR count). The molecule has 8 nitrogen and oxygen atoms in total. The monoisotopic (exact) mass is 345 g/mol. The fraction of sp³-hybridized carbons (Fsp3) is 0.250. The summed E-state index contributed by atoms with van der Waals surface area (Å²) in [4.78, 5) is 24.0. The van der Waals surface area contributed by atoms with E-state index >= 15 is 0 Å². The van der Waals surface area contributed by atoms with Crippen LogP contribution < -0.4 is 11.1 Å². The predicted molar refractivity (Wildman–Crippen MR) is 86.5 cm³/mol. The first-order chi connectivity index (χ1) is 11.9. The lowest BCUT2D eigenvalue weighted by molar-refractivity contribution is -0.116. The van der Waals surface area contributed by atoms with Gasteiger partial charge in [-0.05, 0) is 24.6 Å². The molecule has 25 heavy (non-hydrogen) atoms.